The van der Waals surface area contributed by atoms with E-state index in [4.69, 9.17) is 5.11 Å². The Hall–Kier alpha value is -0.430. The van der Waals surface area contributed by atoms with Crippen molar-refractivity contribution in [2.24, 2.45) is 0 Å². The third-order valence-corrected chi connectivity index (χ3v) is 4.07. The van der Waals surface area contributed by atoms with Gasteiger partial charge < -0.3 is 5.11 Å². The molecule has 0 aliphatic carbocycles. The van der Waals surface area contributed by atoms with Gasteiger partial charge in [-0.2, -0.15) is 0 Å². The molecular formula is C10H14BrNO3S. The quantitative estimate of drug-likeness (QED) is 0.884. The lowest BCUT2D eigenvalue weighted by Crippen LogP contribution is -2.31. The van der Waals surface area contributed by atoms with Gasteiger partial charge in [-0.3, -0.25) is 0 Å². The highest BCUT2D eigenvalue weighted by Crippen LogP contribution is 2.20. The Kier molecular flexibility index (Phi) is 4.49. The average Bonchev–Trinajstić information content (AvgIpc) is 2.19. The standard InChI is InChI=1S/C10H14BrNO3S/c1-7-3-4-9(11)5-10(7)16(14,15)12-6-8(2)13/h3-5,8,12-13H,6H2,1-2H3. The molecule has 0 spiro atoms. The number of rotatable bonds is 4. The number of aryl methyl sites for hydroxylation is 1. The van der Waals surface area contributed by atoms with Crippen LogP contribution in [-0.4, -0.2) is 26.2 Å². The second-order valence-electron chi connectivity index (χ2n) is 3.61. The van der Waals surface area contributed by atoms with Crippen molar-refractivity contribution < 1.29 is 13.5 Å². The number of hydrogen-bond donors (Lipinski definition) is 2. The highest BCUT2D eigenvalue weighted by Gasteiger charge is 2.17. The molecule has 0 heterocycles. The van der Waals surface area contributed by atoms with Gasteiger partial charge in [-0.25, -0.2) is 13.1 Å². The summed E-state index contributed by atoms with van der Waals surface area (Å²) in [5.41, 5.74) is 0.668. The fourth-order valence-electron chi connectivity index (χ4n) is 1.17. The maximum Gasteiger partial charge on any atom is 0.240 e. The number of benzene rings is 1. The molecule has 16 heavy (non-hydrogen) atoms. The zero-order chi connectivity index (χ0) is 12.3. The molecule has 0 aliphatic heterocycles. The zero-order valence-corrected chi connectivity index (χ0v) is 11.5. The number of aliphatic hydroxyl groups is 1. The van der Waals surface area contributed by atoms with Crippen LogP contribution in [0.2, 0.25) is 0 Å². The molecule has 1 rings (SSSR count). The normalized spacial score (nSPS) is 13.8. The van der Waals surface area contributed by atoms with Crippen molar-refractivity contribution in [3.63, 3.8) is 0 Å². The van der Waals surface area contributed by atoms with Crippen LogP contribution in [-0.2, 0) is 10.0 Å². The van der Waals surface area contributed by atoms with Gasteiger partial charge in [-0.1, -0.05) is 22.0 Å². The van der Waals surface area contributed by atoms with Crippen LogP contribution in [0.1, 0.15) is 12.5 Å². The summed E-state index contributed by atoms with van der Waals surface area (Å²) < 4.78 is 26.8. The molecule has 0 saturated carbocycles. The first-order valence-electron chi connectivity index (χ1n) is 4.77. The van der Waals surface area contributed by atoms with E-state index in [1.807, 2.05) is 0 Å². The van der Waals surface area contributed by atoms with Gasteiger partial charge in [-0.15, -0.1) is 0 Å². The molecule has 0 radical (unpaired) electrons. The van der Waals surface area contributed by atoms with Crippen molar-refractivity contribution >= 4 is 26.0 Å². The zero-order valence-electron chi connectivity index (χ0n) is 9.07. The second-order valence-corrected chi connectivity index (χ2v) is 6.26. The van der Waals surface area contributed by atoms with Crippen LogP contribution < -0.4 is 4.72 Å². The molecule has 90 valence electrons. The van der Waals surface area contributed by atoms with Gasteiger partial charge >= 0.3 is 0 Å². The van der Waals surface area contributed by atoms with E-state index in [1.165, 1.54) is 6.92 Å². The monoisotopic (exact) mass is 307 g/mol. The molecule has 2 N–H and O–H groups in total. The SMILES string of the molecule is Cc1ccc(Br)cc1S(=O)(=O)NCC(C)O. The molecule has 1 aromatic rings. The van der Waals surface area contributed by atoms with Crippen molar-refractivity contribution in [2.45, 2.75) is 24.8 Å². The summed E-state index contributed by atoms with van der Waals surface area (Å²) in [5.74, 6) is 0. The number of aliphatic hydroxyl groups excluding tert-OH is 1. The Morgan fingerprint density at radius 3 is 2.69 bits per heavy atom. The van der Waals surface area contributed by atoms with Gasteiger partial charge in [0.15, 0.2) is 0 Å². The highest BCUT2D eigenvalue weighted by atomic mass is 79.9. The Labute approximate surface area is 104 Å². The molecular weight excluding hydrogens is 294 g/mol. The fraction of sp³-hybridized carbons (Fsp3) is 0.400. The van der Waals surface area contributed by atoms with Crippen molar-refractivity contribution in [2.75, 3.05) is 6.54 Å². The predicted octanol–water partition coefficient (Wildman–Crippen LogP) is 1.42. The summed E-state index contributed by atoms with van der Waals surface area (Å²) >= 11 is 3.23. The van der Waals surface area contributed by atoms with Crippen molar-refractivity contribution in [1.29, 1.82) is 0 Å². The van der Waals surface area contributed by atoms with Gasteiger partial charge in [0.25, 0.3) is 0 Å². The summed E-state index contributed by atoms with van der Waals surface area (Å²) in [6.07, 6.45) is -0.706. The number of sulfonamides is 1. The van der Waals surface area contributed by atoms with E-state index < -0.39 is 16.1 Å². The van der Waals surface area contributed by atoms with Crippen LogP contribution in [0.4, 0.5) is 0 Å². The van der Waals surface area contributed by atoms with E-state index in [0.717, 1.165) is 0 Å². The molecule has 1 atom stereocenters. The lowest BCUT2D eigenvalue weighted by molar-refractivity contribution is 0.198. The summed E-state index contributed by atoms with van der Waals surface area (Å²) in [7, 11) is -3.55. The Morgan fingerprint density at radius 2 is 2.12 bits per heavy atom. The molecule has 0 bridgehead atoms. The summed E-state index contributed by atoms with van der Waals surface area (Å²) in [6.45, 7) is 3.26. The van der Waals surface area contributed by atoms with Crippen LogP contribution in [0.3, 0.4) is 0 Å². The Balaban J connectivity index is 3.02. The molecule has 6 heteroatoms. The first-order chi connectivity index (χ1) is 7.33. The molecule has 0 aliphatic rings. The highest BCUT2D eigenvalue weighted by molar-refractivity contribution is 9.10. The topological polar surface area (TPSA) is 66.4 Å². The largest absolute Gasteiger partial charge is 0.392 e. The molecule has 0 aromatic heterocycles. The number of halogens is 1. The van der Waals surface area contributed by atoms with Gasteiger partial charge in [0.05, 0.1) is 11.0 Å². The third kappa shape index (κ3) is 3.55. The third-order valence-electron chi connectivity index (χ3n) is 2.01. The van der Waals surface area contributed by atoms with Crippen molar-refractivity contribution in [1.82, 2.24) is 4.72 Å². The predicted molar refractivity (Wildman–Crippen MR) is 65.7 cm³/mol. The average molecular weight is 308 g/mol. The van der Waals surface area contributed by atoms with Gasteiger partial charge in [0.2, 0.25) is 10.0 Å². The van der Waals surface area contributed by atoms with Gasteiger partial charge in [-0.05, 0) is 31.5 Å². The van der Waals surface area contributed by atoms with Gasteiger partial charge in [0, 0.05) is 11.0 Å². The van der Waals surface area contributed by atoms with E-state index in [9.17, 15) is 8.42 Å². The summed E-state index contributed by atoms with van der Waals surface area (Å²) in [6, 6.07) is 5.05. The van der Waals surface area contributed by atoms with E-state index >= 15 is 0 Å². The van der Waals surface area contributed by atoms with Crippen LogP contribution in [0, 0.1) is 6.92 Å². The molecule has 0 amide bonds. The Morgan fingerprint density at radius 1 is 1.50 bits per heavy atom. The van der Waals surface area contributed by atoms with E-state index in [2.05, 4.69) is 20.7 Å². The minimum absolute atomic E-state index is 0.00822. The van der Waals surface area contributed by atoms with Crippen molar-refractivity contribution in [3.05, 3.63) is 28.2 Å². The summed E-state index contributed by atoms with van der Waals surface area (Å²) in [5, 5.41) is 9.05. The van der Waals surface area contributed by atoms with Crippen LogP contribution in [0.25, 0.3) is 0 Å². The van der Waals surface area contributed by atoms with Gasteiger partial charge in [0.1, 0.15) is 0 Å². The maximum absolute atomic E-state index is 11.9. The molecule has 1 aromatic carbocycles. The number of hydrogen-bond acceptors (Lipinski definition) is 3. The van der Waals surface area contributed by atoms with Crippen LogP contribution in [0.15, 0.2) is 27.6 Å². The van der Waals surface area contributed by atoms with E-state index in [1.54, 1.807) is 25.1 Å². The minimum atomic E-state index is -3.55. The first kappa shape index (κ1) is 13.6. The lowest BCUT2D eigenvalue weighted by Gasteiger charge is -2.10. The molecule has 0 saturated heterocycles. The lowest BCUT2D eigenvalue weighted by atomic mass is 10.2. The van der Waals surface area contributed by atoms with E-state index in [-0.39, 0.29) is 11.4 Å². The van der Waals surface area contributed by atoms with Crippen LogP contribution >= 0.6 is 15.9 Å². The minimum Gasteiger partial charge on any atom is -0.392 e. The Bertz CT molecular complexity index is 471. The van der Waals surface area contributed by atoms with Crippen LogP contribution in [0.5, 0.6) is 0 Å². The first-order valence-corrected chi connectivity index (χ1v) is 7.04. The molecule has 4 nitrogen and oxygen atoms in total. The fourth-order valence-corrected chi connectivity index (χ4v) is 3.07. The van der Waals surface area contributed by atoms with E-state index in [0.29, 0.717) is 10.0 Å². The number of nitrogens with one attached hydrogen (secondary N) is 1. The molecule has 1 unspecified atom stereocenters. The second kappa shape index (κ2) is 5.27. The maximum atomic E-state index is 11.9. The summed E-state index contributed by atoms with van der Waals surface area (Å²) in [4.78, 5) is 0.225. The smallest absolute Gasteiger partial charge is 0.240 e. The molecule has 0 fully saturated rings. The van der Waals surface area contributed by atoms with Crippen molar-refractivity contribution in [3.8, 4) is 0 Å².